The van der Waals surface area contributed by atoms with Crippen LogP contribution in [0.5, 0.6) is 0 Å². The first-order valence-corrected chi connectivity index (χ1v) is 12.0. The van der Waals surface area contributed by atoms with Gasteiger partial charge in [-0.3, -0.25) is 4.79 Å². The average molecular weight is 455 g/mol. The molecule has 2 aromatic carbocycles. The van der Waals surface area contributed by atoms with Crippen molar-refractivity contribution < 1.29 is 13.2 Å². The fraction of sp³-hybridized carbons (Fsp3) is 0.333. The molecule has 1 aliphatic heterocycles. The monoisotopic (exact) mass is 454 g/mol. The average Bonchev–Trinajstić information content (AvgIpc) is 3.04. The minimum Gasteiger partial charge on any atom is -0.372 e. The summed E-state index contributed by atoms with van der Waals surface area (Å²) >= 11 is 0. The van der Waals surface area contributed by atoms with E-state index in [0.717, 1.165) is 34.2 Å². The summed E-state index contributed by atoms with van der Waals surface area (Å²) in [6, 6.07) is 12.4. The maximum Gasteiger partial charge on any atom is 0.280 e. The zero-order valence-electron chi connectivity index (χ0n) is 19.5. The maximum absolute atomic E-state index is 13.1. The Morgan fingerprint density at radius 3 is 2.16 bits per heavy atom. The predicted molar refractivity (Wildman–Crippen MR) is 131 cm³/mol. The van der Waals surface area contributed by atoms with Crippen molar-refractivity contribution in [2.45, 2.75) is 32.6 Å². The Balaban J connectivity index is 1.88. The molecule has 0 atom stereocenters. The number of nitrogens with zero attached hydrogens (tertiary/aromatic N) is 4. The maximum atomic E-state index is 13.1. The third-order valence-electron chi connectivity index (χ3n) is 5.60. The quantitative estimate of drug-likeness (QED) is 0.595. The summed E-state index contributed by atoms with van der Waals surface area (Å²) in [4.78, 5) is 15.5. The molecule has 0 unspecified atom stereocenters. The highest BCUT2D eigenvalue weighted by atomic mass is 32.2. The van der Waals surface area contributed by atoms with Crippen molar-refractivity contribution in [1.29, 1.82) is 0 Å². The first-order valence-electron chi connectivity index (χ1n) is 10.6. The van der Waals surface area contributed by atoms with Crippen molar-refractivity contribution in [3.05, 3.63) is 59.2 Å². The Bertz CT molecular complexity index is 1180. The van der Waals surface area contributed by atoms with Crippen molar-refractivity contribution in [3.63, 3.8) is 0 Å². The van der Waals surface area contributed by atoms with Crippen LogP contribution >= 0.6 is 0 Å². The van der Waals surface area contributed by atoms with Gasteiger partial charge < -0.3 is 4.90 Å². The number of hydrazone groups is 1. The van der Waals surface area contributed by atoms with E-state index in [1.807, 2.05) is 19.1 Å². The van der Waals surface area contributed by atoms with Crippen molar-refractivity contribution in [2.75, 3.05) is 37.1 Å². The first-order chi connectivity index (χ1) is 15.1. The first kappa shape index (κ1) is 23.7. The Labute approximate surface area is 190 Å². The molecule has 8 heteroatoms. The van der Waals surface area contributed by atoms with Crippen LogP contribution in [0.2, 0.25) is 0 Å². The Kier molecular flexibility index (Phi) is 6.85. The molecule has 0 radical (unpaired) electrons. The molecular formula is C24H30N4O3S. The summed E-state index contributed by atoms with van der Waals surface area (Å²) < 4.78 is 25.7. The van der Waals surface area contributed by atoms with Gasteiger partial charge in [0.1, 0.15) is 0 Å². The van der Waals surface area contributed by atoms with Crippen LogP contribution in [-0.4, -0.2) is 51.5 Å². The summed E-state index contributed by atoms with van der Waals surface area (Å²) in [5.41, 5.74) is 4.87. The lowest BCUT2D eigenvalue weighted by atomic mass is 10.0. The summed E-state index contributed by atoms with van der Waals surface area (Å²) in [7, 11) is -0.571. The third kappa shape index (κ3) is 4.47. The number of carbonyl (C=O) groups is 1. The lowest BCUT2D eigenvalue weighted by molar-refractivity contribution is -0.114. The van der Waals surface area contributed by atoms with E-state index >= 15 is 0 Å². The number of amides is 1. The molecule has 3 rings (SSSR count). The lowest BCUT2D eigenvalue weighted by Crippen LogP contribution is -2.23. The highest BCUT2D eigenvalue weighted by Gasteiger charge is 2.29. The standard InChI is InChI=1S/C24H30N4O3S/c1-7-27(8-2)21-10-9-19(17(3)15-21)16-23-18(4)25-28(24(23)29)20-11-13-22(14-12-20)32(30,31)26(5)6/h9-16H,7-8H2,1-6H3. The second-order valence-corrected chi connectivity index (χ2v) is 10.0. The number of anilines is 2. The molecular weight excluding hydrogens is 424 g/mol. The molecule has 0 spiro atoms. The zero-order chi connectivity index (χ0) is 23.6. The molecule has 1 heterocycles. The van der Waals surface area contributed by atoms with Gasteiger partial charge in [-0.25, -0.2) is 12.7 Å². The summed E-state index contributed by atoms with van der Waals surface area (Å²) in [6.45, 7) is 9.96. The molecule has 170 valence electrons. The topological polar surface area (TPSA) is 73.3 Å². The Hall–Kier alpha value is -2.97. The van der Waals surface area contributed by atoms with Gasteiger partial charge in [0.15, 0.2) is 0 Å². The fourth-order valence-electron chi connectivity index (χ4n) is 3.59. The minimum atomic E-state index is -3.53. The van der Waals surface area contributed by atoms with Gasteiger partial charge >= 0.3 is 0 Å². The number of aryl methyl sites for hydroxylation is 1. The number of carbonyl (C=O) groups excluding carboxylic acids is 1. The van der Waals surface area contributed by atoms with Gasteiger partial charge in [0.25, 0.3) is 5.91 Å². The lowest BCUT2D eigenvalue weighted by Gasteiger charge is -2.22. The highest BCUT2D eigenvalue weighted by Crippen LogP contribution is 2.28. The molecule has 2 aromatic rings. The van der Waals surface area contributed by atoms with E-state index in [1.165, 1.54) is 31.2 Å². The van der Waals surface area contributed by atoms with E-state index in [9.17, 15) is 13.2 Å². The second kappa shape index (κ2) is 9.26. The molecule has 0 fully saturated rings. The van der Waals surface area contributed by atoms with Crippen LogP contribution in [0.3, 0.4) is 0 Å². The van der Waals surface area contributed by atoms with Gasteiger partial charge in [-0.2, -0.15) is 10.1 Å². The highest BCUT2D eigenvalue weighted by molar-refractivity contribution is 7.89. The third-order valence-corrected chi connectivity index (χ3v) is 7.43. The van der Waals surface area contributed by atoms with Gasteiger partial charge in [-0.05, 0) is 81.3 Å². The smallest absolute Gasteiger partial charge is 0.280 e. The molecule has 32 heavy (non-hydrogen) atoms. The molecule has 0 saturated heterocycles. The van der Waals surface area contributed by atoms with Crippen LogP contribution < -0.4 is 9.91 Å². The number of rotatable bonds is 7. The van der Waals surface area contributed by atoms with Crippen molar-refractivity contribution in [1.82, 2.24) is 4.31 Å². The van der Waals surface area contributed by atoms with Crippen LogP contribution in [0.1, 0.15) is 31.9 Å². The van der Waals surface area contributed by atoms with E-state index in [0.29, 0.717) is 17.0 Å². The molecule has 0 saturated carbocycles. The SMILES string of the molecule is CCN(CC)c1ccc(C=C2C(=O)N(c3ccc(S(=O)(=O)N(C)C)cc3)N=C2C)c(C)c1. The molecule has 0 aliphatic carbocycles. The molecule has 7 nitrogen and oxygen atoms in total. The van der Waals surface area contributed by atoms with E-state index in [4.69, 9.17) is 0 Å². The Morgan fingerprint density at radius 2 is 1.62 bits per heavy atom. The van der Waals surface area contributed by atoms with Crippen molar-refractivity contribution >= 4 is 39.1 Å². The minimum absolute atomic E-state index is 0.165. The zero-order valence-corrected chi connectivity index (χ0v) is 20.3. The summed E-state index contributed by atoms with van der Waals surface area (Å²) in [6.07, 6.45) is 1.87. The van der Waals surface area contributed by atoms with Crippen LogP contribution in [0, 0.1) is 6.92 Å². The molecule has 1 aliphatic rings. The number of sulfonamides is 1. The van der Waals surface area contributed by atoms with E-state index in [1.54, 1.807) is 19.1 Å². The van der Waals surface area contributed by atoms with E-state index in [2.05, 4.69) is 36.0 Å². The van der Waals surface area contributed by atoms with Gasteiger partial charge in [-0.1, -0.05) is 6.07 Å². The van der Waals surface area contributed by atoms with Crippen LogP contribution in [0.25, 0.3) is 6.08 Å². The van der Waals surface area contributed by atoms with Gasteiger partial charge in [0, 0.05) is 32.9 Å². The summed E-state index contributed by atoms with van der Waals surface area (Å²) in [5.74, 6) is -0.238. The molecule has 0 aromatic heterocycles. The molecule has 1 amide bonds. The molecule has 0 bridgehead atoms. The van der Waals surface area contributed by atoms with E-state index in [-0.39, 0.29) is 10.8 Å². The Morgan fingerprint density at radius 1 is 1.00 bits per heavy atom. The second-order valence-electron chi connectivity index (χ2n) is 7.85. The van der Waals surface area contributed by atoms with E-state index < -0.39 is 10.0 Å². The molecule has 0 N–H and O–H groups in total. The van der Waals surface area contributed by atoms with Crippen molar-refractivity contribution in [2.24, 2.45) is 5.10 Å². The number of hydrogen-bond acceptors (Lipinski definition) is 5. The van der Waals surface area contributed by atoms with Crippen LogP contribution in [0.15, 0.2) is 58.0 Å². The number of benzene rings is 2. The largest absolute Gasteiger partial charge is 0.372 e. The predicted octanol–water partition coefficient (Wildman–Crippen LogP) is 3.90. The number of hydrogen-bond donors (Lipinski definition) is 0. The fourth-order valence-corrected chi connectivity index (χ4v) is 4.49. The normalized spacial score (nSPS) is 15.6. The van der Waals surface area contributed by atoms with Crippen LogP contribution in [-0.2, 0) is 14.8 Å². The van der Waals surface area contributed by atoms with Gasteiger partial charge in [0.2, 0.25) is 10.0 Å². The van der Waals surface area contributed by atoms with Gasteiger partial charge in [0.05, 0.1) is 21.9 Å². The van der Waals surface area contributed by atoms with Gasteiger partial charge in [-0.15, -0.1) is 0 Å². The van der Waals surface area contributed by atoms with Crippen LogP contribution in [0.4, 0.5) is 11.4 Å². The van der Waals surface area contributed by atoms with Crippen molar-refractivity contribution in [3.8, 4) is 0 Å². The summed E-state index contributed by atoms with van der Waals surface area (Å²) in [5, 5.41) is 5.72.